The van der Waals surface area contributed by atoms with Crippen LogP contribution in [0.3, 0.4) is 0 Å². The molecule has 0 N–H and O–H groups in total. The maximum absolute atomic E-state index is 12.2. The van der Waals surface area contributed by atoms with E-state index in [1.807, 2.05) is 20.8 Å². The summed E-state index contributed by atoms with van der Waals surface area (Å²) in [6.45, 7) is 16.0. The normalized spacial score (nSPS) is 15.5. The van der Waals surface area contributed by atoms with Crippen LogP contribution in [0.1, 0.15) is 43.0 Å². The summed E-state index contributed by atoms with van der Waals surface area (Å²) in [6, 6.07) is 13.3. The lowest BCUT2D eigenvalue weighted by atomic mass is 10.0. The van der Waals surface area contributed by atoms with Crippen LogP contribution in [-0.2, 0) is 22.6 Å². The van der Waals surface area contributed by atoms with E-state index in [4.69, 9.17) is 9.47 Å². The van der Waals surface area contributed by atoms with E-state index in [1.165, 1.54) is 16.0 Å². The molecule has 0 radical (unpaired) electrons. The van der Waals surface area contributed by atoms with Gasteiger partial charge in [0.15, 0.2) is 5.60 Å². The van der Waals surface area contributed by atoms with E-state index in [0.717, 1.165) is 56.1 Å². The van der Waals surface area contributed by atoms with Crippen molar-refractivity contribution in [3.63, 3.8) is 0 Å². The van der Waals surface area contributed by atoms with Gasteiger partial charge in [-0.2, -0.15) is 0 Å². The van der Waals surface area contributed by atoms with Crippen molar-refractivity contribution < 1.29 is 14.3 Å². The Morgan fingerprint density at radius 1 is 0.939 bits per heavy atom. The first-order chi connectivity index (χ1) is 15.7. The van der Waals surface area contributed by atoms with Crippen molar-refractivity contribution >= 4 is 17.7 Å². The summed E-state index contributed by atoms with van der Waals surface area (Å²) in [6.07, 6.45) is 2.11. The Kier molecular flexibility index (Phi) is 8.85. The minimum absolute atomic E-state index is 0.342. The Bertz CT molecular complexity index is 912. The smallest absolute Gasteiger partial charge is 0.349 e. The summed E-state index contributed by atoms with van der Waals surface area (Å²) in [5, 5.41) is 0. The predicted molar refractivity (Wildman–Crippen MR) is 136 cm³/mol. The number of piperazine rings is 1. The molecule has 2 aromatic carbocycles. The van der Waals surface area contributed by atoms with Crippen LogP contribution in [0.4, 0.5) is 0 Å². The molecule has 6 heteroatoms. The number of nitrogens with zero attached hydrogens (tertiary/aromatic N) is 2. The van der Waals surface area contributed by atoms with Crippen LogP contribution in [0, 0.1) is 13.8 Å². The zero-order valence-corrected chi connectivity index (χ0v) is 21.8. The van der Waals surface area contributed by atoms with Gasteiger partial charge in [-0.3, -0.25) is 9.80 Å². The fourth-order valence-electron chi connectivity index (χ4n) is 4.25. The molecule has 0 aliphatic carbocycles. The minimum Gasteiger partial charge on any atom is -0.476 e. The average molecular weight is 471 g/mol. The van der Waals surface area contributed by atoms with Gasteiger partial charge in [-0.05, 0) is 75.3 Å². The molecule has 1 aliphatic heterocycles. The molecule has 0 spiro atoms. The quantitative estimate of drug-likeness (QED) is 0.377. The molecule has 3 rings (SSSR count). The van der Waals surface area contributed by atoms with Crippen LogP contribution >= 0.6 is 11.8 Å². The van der Waals surface area contributed by atoms with E-state index in [2.05, 4.69) is 52.5 Å². The second kappa shape index (κ2) is 11.4. The molecule has 1 heterocycles. The highest BCUT2D eigenvalue weighted by Crippen LogP contribution is 2.30. The van der Waals surface area contributed by atoms with Gasteiger partial charge in [0.2, 0.25) is 0 Å². The average Bonchev–Trinajstić information content (AvgIpc) is 2.78. The number of aryl methyl sites for hydroxylation is 2. The molecule has 2 aromatic rings. The molecule has 1 aliphatic rings. The van der Waals surface area contributed by atoms with Crippen molar-refractivity contribution in [2.75, 3.05) is 39.0 Å². The van der Waals surface area contributed by atoms with Crippen LogP contribution in [-0.4, -0.2) is 60.4 Å². The molecule has 0 atom stereocenters. The highest BCUT2D eigenvalue weighted by Gasteiger charge is 2.32. The van der Waals surface area contributed by atoms with Crippen molar-refractivity contribution in [1.29, 1.82) is 0 Å². The van der Waals surface area contributed by atoms with E-state index in [1.54, 1.807) is 25.6 Å². The van der Waals surface area contributed by atoms with Gasteiger partial charge in [-0.25, -0.2) is 4.79 Å². The second-order valence-electron chi connectivity index (χ2n) is 9.29. The van der Waals surface area contributed by atoms with Gasteiger partial charge in [-0.15, -0.1) is 11.8 Å². The molecular weight excluding hydrogens is 432 g/mol. The molecule has 0 amide bonds. The van der Waals surface area contributed by atoms with Crippen LogP contribution in [0.25, 0.3) is 0 Å². The first-order valence-electron chi connectivity index (χ1n) is 11.8. The van der Waals surface area contributed by atoms with E-state index in [-0.39, 0.29) is 5.97 Å². The number of thioether (sulfide) groups is 1. The highest BCUT2D eigenvalue weighted by atomic mass is 32.2. The standard InChI is InChI=1S/C27H38N2O3S/c1-7-31-26(30)27(4,5)32-25-20(2)16-23(17-21(25)3)19-29-14-12-28(13-15-29)18-22-8-10-24(33-6)11-9-22/h8-11,16-17H,7,12-15,18-19H2,1-6H3. The molecule has 1 saturated heterocycles. The molecule has 33 heavy (non-hydrogen) atoms. The van der Waals surface area contributed by atoms with Crippen molar-refractivity contribution in [3.05, 3.63) is 58.7 Å². The number of hydrogen-bond acceptors (Lipinski definition) is 6. The summed E-state index contributed by atoms with van der Waals surface area (Å²) >= 11 is 1.78. The SMILES string of the molecule is CCOC(=O)C(C)(C)Oc1c(C)cc(CN2CCN(Cc3ccc(SC)cc3)CC2)cc1C. The highest BCUT2D eigenvalue weighted by molar-refractivity contribution is 7.98. The van der Waals surface area contributed by atoms with Gasteiger partial charge in [0.25, 0.3) is 0 Å². The third kappa shape index (κ3) is 6.98. The topological polar surface area (TPSA) is 42.0 Å². The van der Waals surface area contributed by atoms with Crippen LogP contribution in [0.15, 0.2) is 41.3 Å². The molecule has 0 unspecified atom stereocenters. The van der Waals surface area contributed by atoms with Gasteiger partial charge >= 0.3 is 5.97 Å². The number of hydrogen-bond donors (Lipinski definition) is 0. The van der Waals surface area contributed by atoms with Crippen LogP contribution in [0.2, 0.25) is 0 Å². The summed E-state index contributed by atoms with van der Waals surface area (Å²) in [5.41, 5.74) is 3.75. The van der Waals surface area contributed by atoms with E-state index < -0.39 is 5.60 Å². The Morgan fingerprint density at radius 3 is 1.94 bits per heavy atom. The lowest BCUT2D eigenvalue weighted by Gasteiger charge is -2.35. The lowest BCUT2D eigenvalue weighted by molar-refractivity contribution is -0.158. The maximum atomic E-state index is 12.2. The summed E-state index contributed by atoms with van der Waals surface area (Å²) in [4.78, 5) is 18.6. The number of esters is 1. The molecular formula is C27H38N2O3S. The van der Waals surface area contributed by atoms with Gasteiger partial charge < -0.3 is 9.47 Å². The van der Waals surface area contributed by atoms with E-state index in [9.17, 15) is 4.79 Å². The fourth-order valence-corrected chi connectivity index (χ4v) is 4.66. The largest absolute Gasteiger partial charge is 0.476 e. The third-order valence-electron chi connectivity index (χ3n) is 6.08. The Hall–Kier alpha value is -2.02. The molecule has 0 bridgehead atoms. The first kappa shape index (κ1) is 25.6. The minimum atomic E-state index is -1.01. The van der Waals surface area contributed by atoms with Gasteiger partial charge in [0.05, 0.1) is 6.61 Å². The van der Waals surface area contributed by atoms with Crippen molar-refractivity contribution in [2.45, 2.75) is 58.2 Å². The van der Waals surface area contributed by atoms with Crippen molar-refractivity contribution in [3.8, 4) is 5.75 Å². The first-order valence-corrected chi connectivity index (χ1v) is 13.0. The summed E-state index contributed by atoms with van der Waals surface area (Å²) in [7, 11) is 0. The Labute approximate surface area is 203 Å². The monoisotopic (exact) mass is 470 g/mol. The van der Waals surface area contributed by atoms with Crippen LogP contribution in [0.5, 0.6) is 5.75 Å². The van der Waals surface area contributed by atoms with Crippen LogP contribution < -0.4 is 4.74 Å². The lowest BCUT2D eigenvalue weighted by Crippen LogP contribution is -2.45. The van der Waals surface area contributed by atoms with Gasteiger partial charge in [0.1, 0.15) is 5.75 Å². The van der Waals surface area contributed by atoms with Crippen molar-refractivity contribution in [2.24, 2.45) is 0 Å². The second-order valence-corrected chi connectivity index (χ2v) is 10.2. The molecule has 0 aromatic heterocycles. The molecule has 180 valence electrons. The molecule has 5 nitrogen and oxygen atoms in total. The van der Waals surface area contributed by atoms with E-state index in [0.29, 0.717) is 6.61 Å². The van der Waals surface area contributed by atoms with Gasteiger partial charge in [-0.1, -0.05) is 24.3 Å². The molecule has 0 saturated carbocycles. The van der Waals surface area contributed by atoms with Gasteiger partial charge in [0, 0.05) is 44.2 Å². The number of carbonyl (C=O) groups is 1. The summed E-state index contributed by atoms with van der Waals surface area (Å²) < 4.78 is 11.3. The Morgan fingerprint density at radius 2 is 1.45 bits per heavy atom. The number of ether oxygens (including phenoxy) is 2. The number of carbonyl (C=O) groups excluding carboxylic acids is 1. The summed E-state index contributed by atoms with van der Waals surface area (Å²) in [5.74, 6) is 0.431. The molecule has 1 fully saturated rings. The third-order valence-corrected chi connectivity index (χ3v) is 6.82. The maximum Gasteiger partial charge on any atom is 0.349 e. The zero-order chi connectivity index (χ0) is 24.0. The fraction of sp³-hybridized carbons (Fsp3) is 0.519. The zero-order valence-electron chi connectivity index (χ0n) is 20.9. The van der Waals surface area contributed by atoms with E-state index >= 15 is 0 Å². The predicted octanol–water partition coefficient (Wildman–Crippen LogP) is 5.06. The number of benzene rings is 2. The van der Waals surface area contributed by atoms with Crippen molar-refractivity contribution in [1.82, 2.24) is 9.80 Å². The number of rotatable bonds is 9. The Balaban J connectivity index is 1.55.